The predicted molar refractivity (Wildman–Crippen MR) is 160 cm³/mol. The van der Waals surface area contributed by atoms with Gasteiger partial charge in [-0.15, -0.1) is 27.8 Å². The van der Waals surface area contributed by atoms with Crippen LogP contribution in [0.4, 0.5) is 0 Å². The molecule has 0 aliphatic carbocycles. The Bertz CT molecular complexity index is 1710. The molecule has 212 valence electrons. The average Bonchev–Trinajstić information content (AvgIpc) is 3.63. The zero-order valence-electron chi connectivity index (χ0n) is 23.1. The first-order valence-electron chi connectivity index (χ1n) is 13.4. The van der Waals surface area contributed by atoms with Crippen LogP contribution in [0.5, 0.6) is 0 Å². The number of carbonyl (C=O) groups excluding carboxylic acids is 1. The molecule has 5 heterocycles. The van der Waals surface area contributed by atoms with Crippen molar-refractivity contribution in [2.24, 2.45) is 0 Å². The Morgan fingerprint density at radius 3 is 2.60 bits per heavy atom. The van der Waals surface area contributed by atoms with E-state index in [4.69, 9.17) is 11.6 Å². The van der Waals surface area contributed by atoms with Crippen LogP contribution in [0.1, 0.15) is 65.3 Å². The molecule has 1 fully saturated rings. The summed E-state index contributed by atoms with van der Waals surface area (Å²) in [7, 11) is -3.29. The number of aromatic nitrogens is 3. The molecule has 2 aliphatic rings. The van der Waals surface area contributed by atoms with Crippen molar-refractivity contribution in [2.75, 3.05) is 13.1 Å². The second-order valence-corrected chi connectivity index (χ2v) is 16.1. The van der Waals surface area contributed by atoms with Gasteiger partial charge in [0.25, 0.3) is 5.91 Å². The Balaban J connectivity index is 1.18. The van der Waals surface area contributed by atoms with E-state index in [1.165, 1.54) is 22.7 Å². The highest BCUT2D eigenvalue weighted by molar-refractivity contribution is 7.94. The number of fused-ring (bicyclic) bond motifs is 2. The number of rotatable bonds is 4. The SMILES string of the molecule is Cc1cc(C)c2c(Cl)c(C(=O)N3C[C@@H](C)N(Cc4cn([C@H]5C[C@H](C)S(=O)(=O)c6sccc65)nn4)[C@@H](C)C3)sc2c1. The largest absolute Gasteiger partial charge is 0.335 e. The van der Waals surface area contributed by atoms with Crippen molar-refractivity contribution in [3.05, 3.63) is 62.1 Å². The maximum Gasteiger partial charge on any atom is 0.265 e. The molecule has 12 heteroatoms. The number of nitrogens with zero attached hydrogens (tertiary/aromatic N) is 5. The summed E-state index contributed by atoms with van der Waals surface area (Å²) in [4.78, 5) is 18.5. The van der Waals surface area contributed by atoms with E-state index in [2.05, 4.69) is 48.1 Å². The van der Waals surface area contributed by atoms with E-state index in [9.17, 15) is 13.2 Å². The van der Waals surface area contributed by atoms with Crippen LogP contribution in [-0.2, 0) is 16.4 Å². The third kappa shape index (κ3) is 4.59. The summed E-state index contributed by atoms with van der Waals surface area (Å²) in [6.07, 6.45) is 2.41. The van der Waals surface area contributed by atoms with Gasteiger partial charge in [-0.05, 0) is 69.7 Å². The minimum Gasteiger partial charge on any atom is -0.335 e. The average molecular weight is 618 g/mol. The monoisotopic (exact) mass is 617 g/mol. The Morgan fingerprint density at radius 1 is 1.15 bits per heavy atom. The summed E-state index contributed by atoms with van der Waals surface area (Å²) in [5, 5.41) is 11.8. The minimum atomic E-state index is -3.29. The van der Waals surface area contributed by atoms with Crippen LogP contribution in [0.3, 0.4) is 0 Å². The molecule has 1 saturated heterocycles. The van der Waals surface area contributed by atoms with Gasteiger partial charge in [0.15, 0.2) is 9.84 Å². The third-order valence-corrected chi connectivity index (χ3v) is 13.6. The molecular weight excluding hydrogens is 586 g/mol. The first-order chi connectivity index (χ1) is 19.0. The van der Waals surface area contributed by atoms with Crippen molar-refractivity contribution in [3.63, 3.8) is 0 Å². The molecule has 4 aromatic rings. The van der Waals surface area contributed by atoms with Crippen LogP contribution < -0.4 is 0 Å². The fraction of sp³-hybridized carbons (Fsp3) is 0.464. The maximum absolute atomic E-state index is 13.6. The topological polar surface area (TPSA) is 88.4 Å². The molecule has 0 unspecified atom stereocenters. The molecule has 0 bridgehead atoms. The van der Waals surface area contributed by atoms with Crippen molar-refractivity contribution in [3.8, 4) is 0 Å². The molecule has 1 aromatic carbocycles. The lowest BCUT2D eigenvalue weighted by atomic mass is 10.1. The Labute approximate surface area is 247 Å². The lowest BCUT2D eigenvalue weighted by Gasteiger charge is -2.44. The minimum absolute atomic E-state index is 0.0134. The summed E-state index contributed by atoms with van der Waals surface area (Å²) in [5.74, 6) is -0.0134. The van der Waals surface area contributed by atoms with Crippen molar-refractivity contribution >= 4 is 60.1 Å². The molecule has 40 heavy (non-hydrogen) atoms. The lowest BCUT2D eigenvalue weighted by Crippen LogP contribution is -2.57. The van der Waals surface area contributed by atoms with Gasteiger partial charge in [-0.3, -0.25) is 9.69 Å². The highest BCUT2D eigenvalue weighted by Gasteiger charge is 2.39. The van der Waals surface area contributed by atoms with Crippen molar-refractivity contribution in [1.29, 1.82) is 0 Å². The molecular formula is C28H32ClN5O3S3. The summed E-state index contributed by atoms with van der Waals surface area (Å²) in [6, 6.07) is 6.16. The van der Waals surface area contributed by atoms with Crippen LogP contribution in [0.2, 0.25) is 5.02 Å². The van der Waals surface area contributed by atoms with E-state index < -0.39 is 15.1 Å². The van der Waals surface area contributed by atoms with Gasteiger partial charge in [-0.2, -0.15) is 0 Å². The number of benzene rings is 1. The van der Waals surface area contributed by atoms with Gasteiger partial charge in [0.05, 0.1) is 28.2 Å². The number of hydrogen-bond donors (Lipinski definition) is 0. The van der Waals surface area contributed by atoms with Crippen molar-refractivity contribution in [2.45, 2.75) is 75.2 Å². The number of amides is 1. The summed E-state index contributed by atoms with van der Waals surface area (Å²) in [6.45, 7) is 11.9. The number of carbonyl (C=O) groups is 1. The normalized spacial score (nSPS) is 24.9. The number of sulfone groups is 1. The summed E-state index contributed by atoms with van der Waals surface area (Å²) < 4.78 is 28.8. The number of hydrogen-bond acceptors (Lipinski definition) is 8. The van der Waals surface area contributed by atoms with Crippen molar-refractivity contribution < 1.29 is 13.2 Å². The molecule has 4 atom stereocenters. The second kappa shape index (κ2) is 10.2. The maximum atomic E-state index is 13.6. The smallest absolute Gasteiger partial charge is 0.265 e. The predicted octanol–water partition coefficient (Wildman–Crippen LogP) is 5.71. The molecule has 2 aliphatic heterocycles. The summed E-state index contributed by atoms with van der Waals surface area (Å²) >= 11 is 9.51. The van der Waals surface area contributed by atoms with Crippen LogP contribution in [0, 0.1) is 13.8 Å². The van der Waals surface area contributed by atoms with Crippen LogP contribution >= 0.6 is 34.3 Å². The molecule has 0 N–H and O–H groups in total. The third-order valence-electron chi connectivity index (χ3n) is 8.24. The van der Waals surface area contributed by atoms with Gasteiger partial charge < -0.3 is 4.90 Å². The number of piperazine rings is 1. The molecule has 0 saturated carbocycles. The van der Waals surface area contributed by atoms with Crippen LogP contribution in [-0.4, -0.2) is 69.5 Å². The van der Waals surface area contributed by atoms with E-state index >= 15 is 0 Å². The van der Waals surface area contributed by atoms with Gasteiger partial charge in [-0.1, -0.05) is 22.9 Å². The molecule has 0 spiro atoms. The first kappa shape index (κ1) is 27.8. The Morgan fingerprint density at radius 2 is 1.88 bits per heavy atom. The van der Waals surface area contributed by atoms with Crippen LogP contribution in [0.25, 0.3) is 10.1 Å². The van der Waals surface area contributed by atoms with Crippen molar-refractivity contribution in [1.82, 2.24) is 24.8 Å². The molecule has 1 amide bonds. The molecule has 0 radical (unpaired) electrons. The van der Waals surface area contributed by atoms with E-state index in [0.29, 0.717) is 40.2 Å². The number of aryl methyl sites for hydroxylation is 2. The highest BCUT2D eigenvalue weighted by Crippen LogP contribution is 2.42. The molecule has 8 nitrogen and oxygen atoms in total. The summed E-state index contributed by atoms with van der Waals surface area (Å²) in [5.41, 5.74) is 3.89. The van der Waals surface area contributed by atoms with E-state index in [1.54, 1.807) is 6.92 Å². The number of thiophene rings is 2. The van der Waals surface area contributed by atoms with Gasteiger partial charge in [0, 0.05) is 47.4 Å². The van der Waals surface area contributed by atoms with Gasteiger partial charge in [0.1, 0.15) is 9.09 Å². The fourth-order valence-corrected chi connectivity index (χ4v) is 11.1. The van der Waals surface area contributed by atoms with Crippen LogP contribution in [0.15, 0.2) is 34.0 Å². The molecule has 6 rings (SSSR count). The number of halogens is 1. The zero-order valence-corrected chi connectivity index (χ0v) is 26.3. The quantitative estimate of drug-likeness (QED) is 0.291. The second-order valence-electron chi connectivity index (χ2n) is 11.2. The Hall–Kier alpha value is -2.31. The van der Waals surface area contributed by atoms with Gasteiger partial charge in [-0.25, -0.2) is 13.1 Å². The van der Waals surface area contributed by atoms with E-state index in [1.807, 2.05) is 34.1 Å². The van der Waals surface area contributed by atoms with E-state index in [0.717, 1.165) is 32.5 Å². The molecule has 3 aromatic heterocycles. The highest BCUT2D eigenvalue weighted by atomic mass is 35.5. The van der Waals surface area contributed by atoms with Gasteiger partial charge in [0.2, 0.25) is 0 Å². The van der Waals surface area contributed by atoms with Gasteiger partial charge >= 0.3 is 0 Å². The standard InChI is InChI=1S/C28H32ClN5O3S3/c1-15-8-16(2)24-23(9-15)39-26(25(24)29)27(35)32-11-17(3)33(18(4)12-32)13-20-14-34(31-30-20)22-10-19(5)40(36,37)28-21(22)6-7-38-28/h6-9,14,17-19,22H,10-13H2,1-5H3/t17-,18+,19-,22-/m0/s1. The first-order valence-corrected chi connectivity index (χ1v) is 17.0. The van der Waals surface area contributed by atoms with E-state index in [-0.39, 0.29) is 24.0 Å². The lowest BCUT2D eigenvalue weighted by molar-refractivity contribution is 0.0267. The fourth-order valence-electron chi connectivity index (χ4n) is 6.18. The Kier molecular flexibility index (Phi) is 7.10. The zero-order chi connectivity index (χ0) is 28.5.